The molecule has 33 heavy (non-hydrogen) atoms. The van der Waals surface area contributed by atoms with Crippen LogP contribution in [-0.4, -0.2) is 23.9 Å². The number of aliphatic hydroxyl groups excluding tert-OH is 1. The van der Waals surface area contributed by atoms with Crippen LogP contribution in [0.2, 0.25) is 15.1 Å². The molecule has 168 valence electrons. The molecule has 1 aliphatic rings. The first-order valence-electron chi connectivity index (χ1n) is 9.89. The lowest BCUT2D eigenvalue weighted by molar-refractivity contribution is -0.132. The molecule has 0 aromatic heterocycles. The maximum atomic E-state index is 13.3. The van der Waals surface area contributed by atoms with Crippen molar-refractivity contribution in [1.82, 2.24) is 0 Å². The third-order valence-corrected chi connectivity index (χ3v) is 6.37. The number of amides is 1. The maximum Gasteiger partial charge on any atom is 0.300 e. The summed E-state index contributed by atoms with van der Waals surface area (Å²) in [5.74, 6) is -1.73. The molecule has 3 aromatic rings. The van der Waals surface area contributed by atoms with E-state index < -0.39 is 23.5 Å². The van der Waals surface area contributed by atoms with E-state index in [-0.39, 0.29) is 16.2 Å². The number of ether oxygens (including phenoxy) is 1. The van der Waals surface area contributed by atoms with Gasteiger partial charge in [-0.1, -0.05) is 53.0 Å². The predicted octanol–water partition coefficient (Wildman–Crippen LogP) is 6.59. The second kappa shape index (κ2) is 9.10. The molecule has 0 bridgehead atoms. The van der Waals surface area contributed by atoms with Gasteiger partial charge in [-0.3, -0.25) is 14.5 Å². The Bertz CT molecular complexity index is 1320. The zero-order chi connectivity index (χ0) is 23.9. The van der Waals surface area contributed by atoms with Crippen molar-refractivity contribution >= 4 is 57.9 Å². The van der Waals surface area contributed by atoms with Crippen LogP contribution in [0.25, 0.3) is 5.76 Å². The van der Waals surface area contributed by atoms with Gasteiger partial charge < -0.3 is 9.84 Å². The molecule has 0 aliphatic carbocycles. The molecule has 8 heteroatoms. The van der Waals surface area contributed by atoms with E-state index in [1.165, 1.54) is 18.1 Å². The predicted molar refractivity (Wildman–Crippen MR) is 130 cm³/mol. The molecule has 1 aliphatic heterocycles. The molecule has 5 nitrogen and oxygen atoms in total. The highest BCUT2D eigenvalue weighted by Gasteiger charge is 2.47. The Morgan fingerprint density at radius 1 is 0.970 bits per heavy atom. The van der Waals surface area contributed by atoms with Gasteiger partial charge in [0.15, 0.2) is 0 Å². The summed E-state index contributed by atoms with van der Waals surface area (Å²) in [4.78, 5) is 27.8. The van der Waals surface area contributed by atoms with Crippen molar-refractivity contribution in [2.45, 2.75) is 13.0 Å². The molecule has 0 radical (unpaired) electrons. The van der Waals surface area contributed by atoms with Gasteiger partial charge in [0, 0.05) is 10.7 Å². The van der Waals surface area contributed by atoms with Crippen LogP contribution in [0.5, 0.6) is 5.75 Å². The number of aliphatic hydroxyl groups is 1. The largest absolute Gasteiger partial charge is 0.507 e. The number of anilines is 1. The number of methoxy groups -OCH3 is 1. The minimum absolute atomic E-state index is 0.111. The van der Waals surface area contributed by atoms with Crippen molar-refractivity contribution < 1.29 is 19.4 Å². The van der Waals surface area contributed by atoms with Gasteiger partial charge in [-0.15, -0.1) is 0 Å². The SMILES string of the molecule is COc1ccc(Cl)cc1/C(O)=C1\C(=O)C(=O)N(c2cccc(C)c2)C1c1ccc(Cl)c(Cl)c1. The Hall–Kier alpha value is -2.99. The van der Waals surface area contributed by atoms with Crippen molar-refractivity contribution in [2.75, 3.05) is 12.0 Å². The molecular formula is C25H18Cl3NO4. The van der Waals surface area contributed by atoms with Crippen LogP contribution in [-0.2, 0) is 9.59 Å². The number of hydrogen-bond acceptors (Lipinski definition) is 4. The number of carbonyl (C=O) groups is 2. The monoisotopic (exact) mass is 501 g/mol. The van der Waals surface area contributed by atoms with Crippen LogP contribution in [0.15, 0.2) is 66.2 Å². The number of benzene rings is 3. The molecule has 1 amide bonds. The van der Waals surface area contributed by atoms with E-state index in [4.69, 9.17) is 39.5 Å². The summed E-state index contributed by atoms with van der Waals surface area (Å²) < 4.78 is 5.34. The van der Waals surface area contributed by atoms with Crippen LogP contribution in [0.3, 0.4) is 0 Å². The number of aryl methyl sites for hydroxylation is 1. The highest BCUT2D eigenvalue weighted by atomic mass is 35.5. The number of nitrogens with zero attached hydrogens (tertiary/aromatic N) is 1. The molecule has 4 rings (SSSR count). The van der Waals surface area contributed by atoms with Crippen LogP contribution in [0.4, 0.5) is 5.69 Å². The van der Waals surface area contributed by atoms with Gasteiger partial charge in [-0.2, -0.15) is 0 Å². The fraction of sp³-hybridized carbons (Fsp3) is 0.120. The first-order chi connectivity index (χ1) is 15.7. The van der Waals surface area contributed by atoms with E-state index in [0.29, 0.717) is 27.0 Å². The van der Waals surface area contributed by atoms with E-state index in [1.54, 1.807) is 48.5 Å². The van der Waals surface area contributed by atoms with E-state index in [2.05, 4.69) is 0 Å². The standard InChI is InChI=1S/C25H18Cl3NO4/c1-13-4-3-5-16(10-13)29-22(14-6-8-18(27)19(28)11-14)21(24(31)25(29)32)23(30)17-12-15(26)7-9-20(17)33-2/h3-12,22,30H,1-2H3/b23-21+. The molecule has 1 N–H and O–H groups in total. The van der Waals surface area contributed by atoms with E-state index in [0.717, 1.165) is 5.56 Å². The smallest absolute Gasteiger partial charge is 0.300 e. The molecule has 0 saturated carbocycles. The van der Waals surface area contributed by atoms with Crippen LogP contribution < -0.4 is 9.64 Å². The van der Waals surface area contributed by atoms with E-state index >= 15 is 0 Å². The van der Waals surface area contributed by atoms with Gasteiger partial charge in [0.05, 0.1) is 34.3 Å². The molecule has 1 saturated heterocycles. The third-order valence-electron chi connectivity index (χ3n) is 5.40. The van der Waals surface area contributed by atoms with Gasteiger partial charge in [0.2, 0.25) is 0 Å². The topological polar surface area (TPSA) is 66.8 Å². The summed E-state index contributed by atoms with van der Waals surface area (Å²) in [7, 11) is 1.43. The quantitative estimate of drug-likeness (QED) is 0.248. The molecular weight excluding hydrogens is 485 g/mol. The van der Waals surface area contributed by atoms with Gasteiger partial charge >= 0.3 is 0 Å². The summed E-state index contributed by atoms with van der Waals surface area (Å²) in [6, 6.07) is 15.7. The fourth-order valence-electron chi connectivity index (χ4n) is 3.88. The molecule has 1 unspecified atom stereocenters. The average molecular weight is 503 g/mol. The second-order valence-electron chi connectivity index (χ2n) is 7.53. The zero-order valence-electron chi connectivity index (χ0n) is 17.6. The van der Waals surface area contributed by atoms with Crippen LogP contribution in [0.1, 0.15) is 22.7 Å². The molecule has 1 atom stereocenters. The van der Waals surface area contributed by atoms with E-state index in [9.17, 15) is 14.7 Å². The fourth-order valence-corrected chi connectivity index (χ4v) is 4.36. The zero-order valence-corrected chi connectivity index (χ0v) is 19.9. The van der Waals surface area contributed by atoms with Crippen molar-refractivity contribution in [3.05, 3.63) is 98.0 Å². The Morgan fingerprint density at radius 3 is 2.39 bits per heavy atom. The normalized spacial score (nSPS) is 17.5. The van der Waals surface area contributed by atoms with Crippen molar-refractivity contribution in [2.24, 2.45) is 0 Å². The number of hydrogen-bond donors (Lipinski definition) is 1. The lowest BCUT2D eigenvalue weighted by Crippen LogP contribution is -2.29. The first kappa shape index (κ1) is 23.2. The second-order valence-corrected chi connectivity index (χ2v) is 8.78. The van der Waals surface area contributed by atoms with Gasteiger partial charge in [0.25, 0.3) is 11.7 Å². The minimum Gasteiger partial charge on any atom is -0.507 e. The summed E-state index contributed by atoms with van der Waals surface area (Å²) in [6.07, 6.45) is 0. The highest BCUT2D eigenvalue weighted by molar-refractivity contribution is 6.52. The summed E-state index contributed by atoms with van der Waals surface area (Å²) in [5.41, 5.74) is 1.99. The molecule has 1 heterocycles. The highest BCUT2D eigenvalue weighted by Crippen LogP contribution is 2.44. The number of carbonyl (C=O) groups excluding carboxylic acids is 2. The van der Waals surface area contributed by atoms with Crippen molar-refractivity contribution in [3.8, 4) is 5.75 Å². The van der Waals surface area contributed by atoms with Crippen molar-refractivity contribution in [1.29, 1.82) is 0 Å². The Labute approximate surface area is 205 Å². The lowest BCUT2D eigenvalue weighted by Gasteiger charge is -2.26. The first-order valence-corrected chi connectivity index (χ1v) is 11.0. The molecule has 1 fully saturated rings. The minimum atomic E-state index is -0.953. The van der Waals surface area contributed by atoms with Crippen molar-refractivity contribution in [3.63, 3.8) is 0 Å². The van der Waals surface area contributed by atoms with Gasteiger partial charge in [0.1, 0.15) is 11.5 Å². The Balaban J connectivity index is 2.01. The Morgan fingerprint density at radius 2 is 1.73 bits per heavy atom. The lowest BCUT2D eigenvalue weighted by atomic mass is 9.94. The van der Waals surface area contributed by atoms with Crippen LogP contribution in [0, 0.1) is 6.92 Å². The summed E-state index contributed by atoms with van der Waals surface area (Å²) >= 11 is 18.5. The number of rotatable bonds is 4. The Kier molecular flexibility index (Phi) is 6.39. The molecule has 0 spiro atoms. The average Bonchev–Trinajstić information content (AvgIpc) is 3.05. The number of ketones is 1. The third kappa shape index (κ3) is 4.20. The van der Waals surface area contributed by atoms with Gasteiger partial charge in [-0.25, -0.2) is 0 Å². The number of Topliss-reactive ketones (excluding diaryl/α,β-unsaturated/α-hetero) is 1. The van der Waals surface area contributed by atoms with Gasteiger partial charge in [-0.05, 0) is 60.5 Å². The summed E-state index contributed by atoms with van der Waals surface area (Å²) in [6.45, 7) is 1.88. The van der Waals surface area contributed by atoms with Crippen LogP contribution >= 0.6 is 34.8 Å². The summed E-state index contributed by atoms with van der Waals surface area (Å²) in [5, 5.41) is 12.2. The maximum absolute atomic E-state index is 13.3. The number of halogens is 3. The van der Waals surface area contributed by atoms with E-state index in [1.807, 2.05) is 13.0 Å². The molecule has 3 aromatic carbocycles.